The van der Waals surface area contributed by atoms with Crippen LogP contribution in [0.3, 0.4) is 0 Å². The summed E-state index contributed by atoms with van der Waals surface area (Å²) in [5.41, 5.74) is 0.690. The molecule has 1 aromatic rings. The maximum atomic E-state index is 11.6. The van der Waals surface area contributed by atoms with Crippen LogP contribution in [0, 0.1) is 0 Å². The number of imide groups is 1. The van der Waals surface area contributed by atoms with E-state index >= 15 is 0 Å². The van der Waals surface area contributed by atoms with E-state index in [1.165, 1.54) is 26.4 Å². The number of urea groups is 1. The molecule has 0 atom stereocenters. The van der Waals surface area contributed by atoms with Crippen molar-refractivity contribution in [1.29, 1.82) is 0 Å². The summed E-state index contributed by atoms with van der Waals surface area (Å²) in [4.78, 5) is 34.4. The van der Waals surface area contributed by atoms with Crippen molar-refractivity contribution in [3.05, 3.63) is 29.8 Å². The molecular weight excluding hydrogens is 328 g/mol. The third-order valence-corrected chi connectivity index (χ3v) is 2.84. The zero-order chi connectivity index (χ0) is 18.8. The summed E-state index contributed by atoms with van der Waals surface area (Å²) in [6.07, 6.45) is 2.68. The SMILES string of the molecule is COc1ccc(C=CC(=O)OCC(=O)NC(=O)NC(C)C)cc1OC. The Morgan fingerprint density at radius 1 is 1.12 bits per heavy atom. The van der Waals surface area contributed by atoms with Crippen LogP contribution in [0.15, 0.2) is 24.3 Å². The van der Waals surface area contributed by atoms with E-state index in [0.717, 1.165) is 0 Å². The highest BCUT2D eigenvalue weighted by Crippen LogP contribution is 2.27. The van der Waals surface area contributed by atoms with Gasteiger partial charge in [0, 0.05) is 12.1 Å². The van der Waals surface area contributed by atoms with Crippen molar-refractivity contribution in [3.63, 3.8) is 0 Å². The molecule has 0 heterocycles. The average Bonchev–Trinajstić information content (AvgIpc) is 2.56. The molecule has 0 aliphatic rings. The predicted molar refractivity (Wildman–Crippen MR) is 91.3 cm³/mol. The summed E-state index contributed by atoms with van der Waals surface area (Å²) in [7, 11) is 3.03. The Balaban J connectivity index is 2.50. The fourth-order valence-corrected chi connectivity index (χ4v) is 1.77. The number of rotatable bonds is 7. The number of carbonyl (C=O) groups excluding carboxylic acids is 3. The highest BCUT2D eigenvalue weighted by atomic mass is 16.5. The molecule has 0 saturated heterocycles. The van der Waals surface area contributed by atoms with Crippen LogP contribution in [0.5, 0.6) is 11.5 Å². The maximum Gasteiger partial charge on any atom is 0.331 e. The molecule has 0 unspecified atom stereocenters. The summed E-state index contributed by atoms with van der Waals surface area (Å²) in [5, 5.41) is 4.53. The van der Waals surface area contributed by atoms with Crippen molar-refractivity contribution < 1.29 is 28.6 Å². The van der Waals surface area contributed by atoms with Gasteiger partial charge >= 0.3 is 12.0 Å². The molecule has 3 amide bonds. The van der Waals surface area contributed by atoms with Crippen LogP contribution in [0.2, 0.25) is 0 Å². The van der Waals surface area contributed by atoms with E-state index in [2.05, 4.69) is 5.32 Å². The molecule has 8 nitrogen and oxygen atoms in total. The summed E-state index contributed by atoms with van der Waals surface area (Å²) < 4.78 is 15.0. The molecule has 0 spiro atoms. The van der Waals surface area contributed by atoms with Gasteiger partial charge in [-0.3, -0.25) is 10.1 Å². The van der Waals surface area contributed by atoms with E-state index in [4.69, 9.17) is 14.2 Å². The van der Waals surface area contributed by atoms with E-state index in [-0.39, 0.29) is 6.04 Å². The van der Waals surface area contributed by atoms with Crippen LogP contribution < -0.4 is 20.1 Å². The van der Waals surface area contributed by atoms with Gasteiger partial charge in [-0.1, -0.05) is 6.07 Å². The number of hydrogen-bond acceptors (Lipinski definition) is 6. The number of amides is 3. The standard InChI is InChI=1S/C17H22N2O6/c1-11(2)18-17(22)19-15(20)10-25-16(21)8-6-12-5-7-13(23-3)14(9-12)24-4/h5-9,11H,10H2,1-4H3,(H2,18,19,20,22). The lowest BCUT2D eigenvalue weighted by atomic mass is 10.2. The summed E-state index contributed by atoms with van der Waals surface area (Å²) in [6, 6.07) is 4.36. The molecule has 0 saturated carbocycles. The third-order valence-electron chi connectivity index (χ3n) is 2.84. The van der Waals surface area contributed by atoms with E-state index in [0.29, 0.717) is 17.1 Å². The average molecular weight is 350 g/mol. The number of carbonyl (C=O) groups is 3. The van der Waals surface area contributed by atoms with Gasteiger partial charge in [-0.25, -0.2) is 9.59 Å². The number of methoxy groups -OCH3 is 2. The van der Waals surface area contributed by atoms with Crippen LogP contribution in [-0.2, 0) is 14.3 Å². The first-order valence-corrected chi connectivity index (χ1v) is 7.53. The van der Waals surface area contributed by atoms with E-state index < -0.39 is 24.5 Å². The van der Waals surface area contributed by atoms with E-state index in [1.54, 1.807) is 32.0 Å². The minimum atomic E-state index is -0.717. The second-order valence-electron chi connectivity index (χ2n) is 5.23. The van der Waals surface area contributed by atoms with Gasteiger partial charge in [0.1, 0.15) is 0 Å². The van der Waals surface area contributed by atoms with Gasteiger partial charge < -0.3 is 19.5 Å². The number of hydrogen-bond donors (Lipinski definition) is 2. The Hall–Kier alpha value is -3.03. The van der Waals surface area contributed by atoms with Gasteiger partial charge in [0.2, 0.25) is 0 Å². The second-order valence-corrected chi connectivity index (χ2v) is 5.23. The molecular formula is C17H22N2O6. The lowest BCUT2D eigenvalue weighted by molar-refractivity contribution is -0.143. The molecule has 0 aliphatic carbocycles. The summed E-state index contributed by atoms with van der Waals surface area (Å²) in [5.74, 6) is -0.340. The number of nitrogens with one attached hydrogen (secondary N) is 2. The normalized spacial score (nSPS) is 10.4. The van der Waals surface area contributed by atoms with Crippen molar-refractivity contribution in [3.8, 4) is 11.5 Å². The van der Waals surface area contributed by atoms with Crippen molar-refractivity contribution in [2.75, 3.05) is 20.8 Å². The first kappa shape index (κ1) is 20.0. The quantitative estimate of drug-likeness (QED) is 0.570. The Morgan fingerprint density at radius 3 is 2.40 bits per heavy atom. The molecule has 1 rings (SSSR count). The summed E-state index contributed by atoms with van der Waals surface area (Å²) in [6.45, 7) is 2.95. The van der Waals surface area contributed by atoms with Crippen molar-refractivity contribution in [1.82, 2.24) is 10.6 Å². The molecule has 8 heteroatoms. The molecule has 136 valence electrons. The lowest BCUT2D eigenvalue weighted by Crippen LogP contribution is -2.43. The van der Waals surface area contributed by atoms with Gasteiger partial charge in [-0.15, -0.1) is 0 Å². The first-order valence-electron chi connectivity index (χ1n) is 7.53. The monoisotopic (exact) mass is 350 g/mol. The maximum absolute atomic E-state index is 11.6. The van der Waals surface area contributed by atoms with Crippen LogP contribution in [-0.4, -0.2) is 44.8 Å². The van der Waals surface area contributed by atoms with Crippen molar-refractivity contribution in [2.24, 2.45) is 0 Å². The number of benzene rings is 1. The zero-order valence-corrected chi connectivity index (χ0v) is 14.6. The lowest BCUT2D eigenvalue weighted by Gasteiger charge is -2.09. The third kappa shape index (κ3) is 7.38. The van der Waals surface area contributed by atoms with Gasteiger partial charge in [-0.2, -0.15) is 0 Å². The fraction of sp³-hybridized carbons (Fsp3) is 0.353. The Bertz CT molecular complexity index is 655. The predicted octanol–water partition coefficient (Wildman–Crippen LogP) is 1.49. The van der Waals surface area contributed by atoms with Gasteiger partial charge in [0.25, 0.3) is 5.91 Å². The molecule has 1 aromatic carbocycles. The highest BCUT2D eigenvalue weighted by molar-refractivity contribution is 5.96. The first-order chi connectivity index (χ1) is 11.8. The summed E-state index contributed by atoms with van der Waals surface area (Å²) >= 11 is 0. The number of ether oxygens (including phenoxy) is 3. The highest BCUT2D eigenvalue weighted by Gasteiger charge is 2.10. The van der Waals surface area contributed by atoms with Gasteiger partial charge in [0.05, 0.1) is 14.2 Å². The molecule has 0 aliphatic heterocycles. The van der Waals surface area contributed by atoms with Crippen LogP contribution in [0.1, 0.15) is 19.4 Å². The minimum absolute atomic E-state index is 0.111. The molecule has 0 radical (unpaired) electrons. The Labute approximate surface area is 146 Å². The largest absolute Gasteiger partial charge is 0.493 e. The molecule has 0 fully saturated rings. The van der Waals surface area contributed by atoms with Gasteiger partial charge in [-0.05, 0) is 37.6 Å². The molecule has 25 heavy (non-hydrogen) atoms. The molecule has 0 bridgehead atoms. The topological polar surface area (TPSA) is 103 Å². The molecule has 0 aromatic heterocycles. The molecule has 2 N–H and O–H groups in total. The zero-order valence-electron chi connectivity index (χ0n) is 14.6. The Morgan fingerprint density at radius 2 is 1.80 bits per heavy atom. The van der Waals surface area contributed by atoms with E-state index in [1.807, 2.05) is 5.32 Å². The van der Waals surface area contributed by atoms with Crippen molar-refractivity contribution >= 4 is 24.0 Å². The van der Waals surface area contributed by atoms with Crippen LogP contribution in [0.4, 0.5) is 4.79 Å². The van der Waals surface area contributed by atoms with Gasteiger partial charge in [0.15, 0.2) is 18.1 Å². The second kappa shape index (κ2) is 9.96. The van der Waals surface area contributed by atoms with E-state index in [9.17, 15) is 14.4 Å². The fourth-order valence-electron chi connectivity index (χ4n) is 1.77. The minimum Gasteiger partial charge on any atom is -0.493 e. The smallest absolute Gasteiger partial charge is 0.331 e. The number of esters is 1. The van der Waals surface area contributed by atoms with Crippen molar-refractivity contribution in [2.45, 2.75) is 19.9 Å². The van der Waals surface area contributed by atoms with Crippen LogP contribution in [0.25, 0.3) is 6.08 Å². The Kier molecular flexibility index (Phi) is 7.98. The van der Waals surface area contributed by atoms with Crippen LogP contribution >= 0.6 is 0 Å².